The van der Waals surface area contributed by atoms with E-state index >= 15 is 0 Å². The Labute approximate surface area is 101 Å². The number of aromatic nitrogens is 4. The van der Waals surface area contributed by atoms with Gasteiger partial charge in [0.05, 0.1) is 17.6 Å². The van der Waals surface area contributed by atoms with Crippen molar-refractivity contribution in [1.29, 1.82) is 0 Å². The molecule has 0 saturated carbocycles. The van der Waals surface area contributed by atoms with Crippen molar-refractivity contribution in [2.45, 2.75) is 13.5 Å². The Morgan fingerprint density at radius 2 is 2.28 bits per heavy atom. The normalized spacial score (nSPS) is 11.0. The Morgan fingerprint density at radius 3 is 3.06 bits per heavy atom. The largest absolute Gasteiger partial charge is 0.348 e. The molecular formula is C11H10FN5O. The lowest BCUT2D eigenvalue weighted by Crippen LogP contribution is -2.02. The molecule has 0 spiro atoms. The molecule has 1 aromatic carbocycles. The van der Waals surface area contributed by atoms with Crippen molar-refractivity contribution < 1.29 is 8.91 Å². The van der Waals surface area contributed by atoms with Crippen molar-refractivity contribution in [3.05, 3.63) is 35.7 Å². The van der Waals surface area contributed by atoms with Crippen molar-refractivity contribution in [3.8, 4) is 0 Å². The molecule has 0 aliphatic heterocycles. The summed E-state index contributed by atoms with van der Waals surface area (Å²) in [5.41, 5.74) is 1.34. The fourth-order valence-electron chi connectivity index (χ4n) is 1.64. The van der Waals surface area contributed by atoms with Crippen LogP contribution in [0.2, 0.25) is 0 Å². The van der Waals surface area contributed by atoms with E-state index in [-0.39, 0.29) is 5.82 Å². The number of hydrogen-bond donors (Lipinski definition) is 2. The number of imidazole rings is 1. The first-order valence-corrected chi connectivity index (χ1v) is 5.39. The molecular weight excluding hydrogens is 237 g/mol. The zero-order valence-electron chi connectivity index (χ0n) is 9.57. The zero-order chi connectivity index (χ0) is 12.5. The first-order valence-electron chi connectivity index (χ1n) is 5.39. The van der Waals surface area contributed by atoms with Gasteiger partial charge in [-0.2, -0.15) is 4.98 Å². The van der Waals surface area contributed by atoms with E-state index in [1.807, 2.05) is 0 Å². The summed E-state index contributed by atoms with van der Waals surface area (Å²) in [5, 5.41) is 6.76. The van der Waals surface area contributed by atoms with Crippen LogP contribution >= 0.6 is 0 Å². The van der Waals surface area contributed by atoms with Crippen molar-refractivity contribution in [3.63, 3.8) is 0 Å². The number of anilines is 1. The van der Waals surface area contributed by atoms with E-state index in [1.165, 1.54) is 12.1 Å². The van der Waals surface area contributed by atoms with Gasteiger partial charge in [-0.25, -0.2) is 9.37 Å². The van der Waals surface area contributed by atoms with Gasteiger partial charge in [-0.3, -0.25) is 0 Å². The highest BCUT2D eigenvalue weighted by molar-refractivity contribution is 5.77. The highest BCUT2D eigenvalue weighted by Gasteiger charge is 2.05. The SMILES string of the molecule is Cc1nc(CNc2nc3ccc(F)cc3[nH]2)no1. The molecule has 2 N–H and O–H groups in total. The van der Waals surface area contributed by atoms with Crippen LogP contribution in [0.1, 0.15) is 11.7 Å². The van der Waals surface area contributed by atoms with E-state index in [0.29, 0.717) is 35.2 Å². The van der Waals surface area contributed by atoms with Gasteiger partial charge in [0.2, 0.25) is 11.8 Å². The molecule has 0 fully saturated rings. The minimum absolute atomic E-state index is 0.300. The third-order valence-corrected chi connectivity index (χ3v) is 2.43. The maximum absolute atomic E-state index is 13.0. The standard InChI is InChI=1S/C11H10FN5O/c1-6-14-10(17-18-6)5-13-11-15-8-3-2-7(12)4-9(8)16-11/h2-4H,5H2,1H3,(H2,13,15,16). The molecule has 0 radical (unpaired) electrons. The van der Waals surface area contributed by atoms with Crippen molar-refractivity contribution >= 4 is 17.0 Å². The van der Waals surface area contributed by atoms with Gasteiger partial charge in [-0.05, 0) is 18.2 Å². The second kappa shape index (κ2) is 4.10. The molecule has 0 aliphatic rings. The van der Waals surface area contributed by atoms with E-state index in [9.17, 15) is 4.39 Å². The lowest BCUT2D eigenvalue weighted by molar-refractivity contribution is 0.388. The van der Waals surface area contributed by atoms with Crippen LogP contribution in [0, 0.1) is 12.7 Å². The number of hydrogen-bond acceptors (Lipinski definition) is 5. The minimum Gasteiger partial charge on any atom is -0.348 e. The molecule has 7 heteroatoms. The lowest BCUT2D eigenvalue weighted by Gasteiger charge is -1.96. The summed E-state index contributed by atoms with van der Waals surface area (Å²) < 4.78 is 17.8. The molecule has 0 amide bonds. The fraction of sp³-hybridized carbons (Fsp3) is 0.182. The van der Waals surface area contributed by atoms with Gasteiger partial charge in [-0.1, -0.05) is 5.16 Å². The van der Waals surface area contributed by atoms with Gasteiger partial charge in [0.15, 0.2) is 5.82 Å². The monoisotopic (exact) mass is 247 g/mol. The highest BCUT2D eigenvalue weighted by Crippen LogP contribution is 2.15. The first kappa shape index (κ1) is 10.7. The van der Waals surface area contributed by atoms with Crippen molar-refractivity contribution in [2.75, 3.05) is 5.32 Å². The molecule has 3 aromatic rings. The third-order valence-electron chi connectivity index (χ3n) is 2.43. The number of aromatic amines is 1. The molecule has 18 heavy (non-hydrogen) atoms. The van der Waals surface area contributed by atoms with Crippen LogP contribution in [0.4, 0.5) is 10.3 Å². The Hall–Kier alpha value is -2.44. The molecule has 0 bridgehead atoms. The summed E-state index contributed by atoms with van der Waals surface area (Å²) in [6, 6.07) is 4.38. The second-order valence-corrected chi connectivity index (χ2v) is 3.83. The number of halogens is 1. The van der Waals surface area contributed by atoms with Crippen LogP contribution in [0.15, 0.2) is 22.7 Å². The third kappa shape index (κ3) is 2.02. The molecule has 2 heterocycles. The number of rotatable bonds is 3. The summed E-state index contributed by atoms with van der Waals surface area (Å²) in [7, 11) is 0. The fourth-order valence-corrected chi connectivity index (χ4v) is 1.64. The summed E-state index contributed by atoms with van der Waals surface area (Å²) in [6.07, 6.45) is 0. The average molecular weight is 247 g/mol. The zero-order valence-corrected chi connectivity index (χ0v) is 9.57. The van der Waals surface area contributed by atoms with E-state index in [2.05, 4.69) is 25.4 Å². The Balaban J connectivity index is 1.78. The smallest absolute Gasteiger partial charge is 0.223 e. The lowest BCUT2D eigenvalue weighted by atomic mass is 10.3. The van der Waals surface area contributed by atoms with Crippen LogP contribution in [-0.4, -0.2) is 20.1 Å². The predicted molar refractivity (Wildman–Crippen MR) is 62.4 cm³/mol. The number of nitrogens with one attached hydrogen (secondary N) is 2. The number of fused-ring (bicyclic) bond motifs is 1. The molecule has 0 aliphatic carbocycles. The average Bonchev–Trinajstić information content (AvgIpc) is 2.92. The first-order chi connectivity index (χ1) is 8.70. The van der Waals surface area contributed by atoms with E-state index in [1.54, 1.807) is 13.0 Å². The van der Waals surface area contributed by atoms with Gasteiger partial charge in [0.25, 0.3) is 0 Å². The van der Waals surface area contributed by atoms with Gasteiger partial charge >= 0.3 is 0 Å². The van der Waals surface area contributed by atoms with E-state index in [0.717, 1.165) is 0 Å². The van der Waals surface area contributed by atoms with Gasteiger partial charge < -0.3 is 14.8 Å². The molecule has 0 atom stereocenters. The van der Waals surface area contributed by atoms with Crippen LogP contribution in [0.25, 0.3) is 11.0 Å². The molecule has 3 rings (SSSR count). The number of benzene rings is 1. The summed E-state index contributed by atoms with van der Waals surface area (Å²) >= 11 is 0. The van der Waals surface area contributed by atoms with Crippen molar-refractivity contribution in [1.82, 2.24) is 20.1 Å². The molecule has 2 aromatic heterocycles. The topological polar surface area (TPSA) is 79.6 Å². The van der Waals surface area contributed by atoms with Crippen LogP contribution in [0.3, 0.4) is 0 Å². The summed E-state index contributed by atoms with van der Waals surface area (Å²) in [6.45, 7) is 2.11. The quantitative estimate of drug-likeness (QED) is 0.740. The number of H-pyrrole nitrogens is 1. The molecule has 6 nitrogen and oxygen atoms in total. The Morgan fingerprint density at radius 1 is 1.39 bits per heavy atom. The molecule has 92 valence electrons. The summed E-state index contributed by atoms with van der Waals surface area (Å²) in [5.74, 6) is 1.29. The predicted octanol–water partition coefficient (Wildman–Crippen LogP) is 2.01. The van der Waals surface area contributed by atoms with Gasteiger partial charge in [0.1, 0.15) is 5.82 Å². The Bertz CT molecular complexity index is 690. The maximum Gasteiger partial charge on any atom is 0.223 e. The molecule has 0 saturated heterocycles. The second-order valence-electron chi connectivity index (χ2n) is 3.83. The van der Waals surface area contributed by atoms with Crippen LogP contribution in [0.5, 0.6) is 0 Å². The summed E-state index contributed by atoms with van der Waals surface area (Å²) in [4.78, 5) is 11.3. The van der Waals surface area contributed by atoms with Gasteiger partial charge in [-0.15, -0.1) is 0 Å². The van der Waals surface area contributed by atoms with E-state index in [4.69, 9.17) is 4.52 Å². The number of aryl methyl sites for hydroxylation is 1. The highest BCUT2D eigenvalue weighted by atomic mass is 19.1. The van der Waals surface area contributed by atoms with Crippen molar-refractivity contribution in [2.24, 2.45) is 0 Å². The minimum atomic E-state index is -0.300. The molecule has 0 unspecified atom stereocenters. The maximum atomic E-state index is 13.0. The number of nitrogens with zero attached hydrogens (tertiary/aromatic N) is 3. The van der Waals surface area contributed by atoms with E-state index < -0.39 is 0 Å². The van der Waals surface area contributed by atoms with Gasteiger partial charge in [0, 0.05) is 6.92 Å². The Kier molecular flexibility index (Phi) is 2.44. The van der Waals surface area contributed by atoms with Crippen LogP contribution < -0.4 is 5.32 Å². The van der Waals surface area contributed by atoms with Crippen LogP contribution in [-0.2, 0) is 6.54 Å².